The number of benzene rings is 2. The lowest BCUT2D eigenvalue weighted by molar-refractivity contribution is -0.113. The van der Waals surface area contributed by atoms with Crippen molar-refractivity contribution < 1.29 is 13.9 Å². The van der Waals surface area contributed by atoms with Crippen LogP contribution in [0, 0.1) is 18.2 Å². The van der Waals surface area contributed by atoms with E-state index in [0.717, 1.165) is 5.56 Å². The zero-order valence-corrected chi connectivity index (χ0v) is 14.6. The Morgan fingerprint density at radius 3 is 2.52 bits per heavy atom. The normalized spacial score (nSPS) is 15.5. The Kier molecular flexibility index (Phi) is 5.17. The first kappa shape index (κ1) is 17.2. The van der Waals surface area contributed by atoms with E-state index in [9.17, 15) is 9.18 Å². The topological polar surface area (TPSA) is 29.5 Å². The van der Waals surface area contributed by atoms with Crippen LogP contribution in [0.1, 0.15) is 5.56 Å². The number of hydrogen-bond donors (Lipinski definition) is 0. The van der Waals surface area contributed by atoms with E-state index in [1.165, 1.54) is 40.9 Å². The molecule has 0 saturated carbocycles. The summed E-state index contributed by atoms with van der Waals surface area (Å²) in [5.74, 6) is 2.47. The zero-order chi connectivity index (χ0) is 17.8. The first-order valence-electron chi connectivity index (χ1n) is 7.28. The highest BCUT2D eigenvalue weighted by Gasteiger charge is 2.33. The van der Waals surface area contributed by atoms with Gasteiger partial charge in [0.25, 0.3) is 5.91 Å². The van der Waals surface area contributed by atoms with Gasteiger partial charge in [-0.05, 0) is 48.0 Å². The molecule has 6 heteroatoms. The van der Waals surface area contributed by atoms with E-state index in [-0.39, 0.29) is 18.3 Å². The molecule has 0 unspecified atom stereocenters. The summed E-state index contributed by atoms with van der Waals surface area (Å²) in [5.41, 5.74) is 1.39. The van der Waals surface area contributed by atoms with Crippen molar-refractivity contribution in [3.8, 4) is 18.1 Å². The lowest BCUT2D eigenvalue weighted by Gasteiger charge is -2.14. The van der Waals surface area contributed by atoms with Gasteiger partial charge in [0, 0.05) is 0 Å². The first-order chi connectivity index (χ1) is 12.1. The second-order valence-corrected chi connectivity index (χ2v) is 6.73. The Labute approximate surface area is 154 Å². The van der Waals surface area contributed by atoms with Crippen molar-refractivity contribution in [2.75, 3.05) is 11.5 Å². The molecule has 0 N–H and O–H groups in total. The van der Waals surface area contributed by atoms with E-state index in [1.54, 1.807) is 18.2 Å². The highest BCUT2D eigenvalue weighted by atomic mass is 32.2. The van der Waals surface area contributed by atoms with Crippen LogP contribution in [0.5, 0.6) is 5.75 Å². The number of anilines is 1. The minimum absolute atomic E-state index is 0.204. The molecule has 3 nitrogen and oxygen atoms in total. The van der Waals surface area contributed by atoms with Gasteiger partial charge in [-0.1, -0.05) is 42.0 Å². The molecule has 2 aromatic rings. The Morgan fingerprint density at radius 2 is 1.88 bits per heavy atom. The average Bonchev–Trinajstić information content (AvgIpc) is 2.89. The van der Waals surface area contributed by atoms with Gasteiger partial charge in [0.05, 0.1) is 10.6 Å². The maximum Gasteiger partial charge on any atom is 0.270 e. The molecule has 124 valence electrons. The van der Waals surface area contributed by atoms with Crippen LogP contribution in [0.3, 0.4) is 0 Å². The van der Waals surface area contributed by atoms with Crippen LogP contribution in [0.15, 0.2) is 53.4 Å². The van der Waals surface area contributed by atoms with Gasteiger partial charge in [-0.25, -0.2) is 4.39 Å². The minimum atomic E-state index is -0.364. The van der Waals surface area contributed by atoms with Crippen molar-refractivity contribution in [1.29, 1.82) is 0 Å². The average molecular weight is 369 g/mol. The molecule has 1 aliphatic heterocycles. The third kappa shape index (κ3) is 3.90. The van der Waals surface area contributed by atoms with Gasteiger partial charge in [-0.3, -0.25) is 9.69 Å². The molecule has 1 saturated heterocycles. The van der Waals surface area contributed by atoms with E-state index < -0.39 is 0 Å². The quantitative estimate of drug-likeness (QED) is 0.458. The molecule has 0 bridgehead atoms. The summed E-state index contributed by atoms with van der Waals surface area (Å²) < 4.78 is 18.8. The molecule has 1 heterocycles. The monoisotopic (exact) mass is 369 g/mol. The summed E-state index contributed by atoms with van der Waals surface area (Å²) in [7, 11) is 0. The molecule has 0 radical (unpaired) electrons. The SMILES string of the molecule is C#CCOc1ccc(/C=C2\SC(=S)N(c3ccc(F)cc3)C2=O)cc1. The number of carbonyl (C=O) groups excluding carboxylic acids is 1. The molecule has 0 aromatic heterocycles. The Morgan fingerprint density at radius 1 is 1.20 bits per heavy atom. The summed E-state index contributed by atoms with van der Waals surface area (Å²) in [6.07, 6.45) is 6.91. The van der Waals surface area contributed by atoms with Crippen LogP contribution >= 0.6 is 24.0 Å². The molecule has 2 aromatic carbocycles. The largest absolute Gasteiger partial charge is 0.481 e. The van der Waals surface area contributed by atoms with E-state index in [0.29, 0.717) is 20.7 Å². The highest BCUT2D eigenvalue weighted by molar-refractivity contribution is 8.27. The van der Waals surface area contributed by atoms with Gasteiger partial charge < -0.3 is 4.74 Å². The minimum Gasteiger partial charge on any atom is -0.481 e. The number of carbonyl (C=O) groups is 1. The molecule has 1 aliphatic rings. The number of terminal acetylenes is 1. The number of nitrogens with zero attached hydrogens (tertiary/aromatic N) is 1. The molecule has 1 fully saturated rings. The van der Waals surface area contributed by atoms with E-state index >= 15 is 0 Å². The van der Waals surface area contributed by atoms with Crippen LogP contribution in [0.4, 0.5) is 10.1 Å². The summed E-state index contributed by atoms with van der Waals surface area (Å²) in [6.45, 7) is 0.204. The Hall–Kier alpha value is -2.62. The van der Waals surface area contributed by atoms with Crippen LogP contribution in [0.25, 0.3) is 6.08 Å². The van der Waals surface area contributed by atoms with Crippen LogP contribution in [-0.2, 0) is 4.79 Å². The summed E-state index contributed by atoms with van der Waals surface area (Å²) in [5, 5.41) is 0. The van der Waals surface area contributed by atoms with E-state index in [2.05, 4.69) is 5.92 Å². The fourth-order valence-corrected chi connectivity index (χ4v) is 3.52. The lowest BCUT2D eigenvalue weighted by atomic mass is 10.2. The van der Waals surface area contributed by atoms with Gasteiger partial charge in [-0.15, -0.1) is 6.42 Å². The van der Waals surface area contributed by atoms with Gasteiger partial charge in [-0.2, -0.15) is 0 Å². The van der Waals surface area contributed by atoms with Gasteiger partial charge in [0.2, 0.25) is 0 Å². The number of ether oxygens (including phenoxy) is 1. The molecule has 3 rings (SSSR count). The van der Waals surface area contributed by atoms with Crippen molar-refractivity contribution in [3.63, 3.8) is 0 Å². The fraction of sp³-hybridized carbons (Fsp3) is 0.0526. The number of thiocarbonyl (C=S) groups is 1. The molecule has 1 amide bonds. The molecular weight excluding hydrogens is 357 g/mol. The summed E-state index contributed by atoms with van der Waals surface area (Å²) in [4.78, 5) is 14.5. The predicted molar refractivity (Wildman–Crippen MR) is 103 cm³/mol. The summed E-state index contributed by atoms with van der Waals surface area (Å²) >= 11 is 6.50. The van der Waals surface area contributed by atoms with Crippen molar-refractivity contribution in [1.82, 2.24) is 0 Å². The summed E-state index contributed by atoms with van der Waals surface area (Å²) in [6, 6.07) is 12.9. The Balaban J connectivity index is 1.80. The first-order valence-corrected chi connectivity index (χ1v) is 8.51. The molecule has 25 heavy (non-hydrogen) atoms. The smallest absolute Gasteiger partial charge is 0.270 e. The van der Waals surface area contributed by atoms with Crippen molar-refractivity contribution >= 4 is 46.0 Å². The van der Waals surface area contributed by atoms with Crippen LogP contribution < -0.4 is 9.64 Å². The van der Waals surface area contributed by atoms with Crippen LogP contribution in [-0.4, -0.2) is 16.8 Å². The van der Waals surface area contributed by atoms with Gasteiger partial charge in [0.1, 0.15) is 18.2 Å². The van der Waals surface area contributed by atoms with Gasteiger partial charge in [0.15, 0.2) is 4.32 Å². The fourth-order valence-electron chi connectivity index (χ4n) is 2.22. The molecule has 0 atom stereocenters. The van der Waals surface area contributed by atoms with Crippen molar-refractivity contribution in [2.24, 2.45) is 0 Å². The number of rotatable bonds is 4. The number of thioether (sulfide) groups is 1. The zero-order valence-electron chi connectivity index (χ0n) is 12.9. The Bertz CT molecular complexity index is 883. The second kappa shape index (κ2) is 7.51. The van der Waals surface area contributed by atoms with Crippen molar-refractivity contribution in [2.45, 2.75) is 0 Å². The highest BCUT2D eigenvalue weighted by Crippen LogP contribution is 2.36. The maximum absolute atomic E-state index is 13.1. The predicted octanol–water partition coefficient (Wildman–Crippen LogP) is 4.24. The van der Waals surface area contributed by atoms with Crippen molar-refractivity contribution in [3.05, 3.63) is 64.8 Å². The van der Waals surface area contributed by atoms with Crippen LogP contribution in [0.2, 0.25) is 0 Å². The van der Waals surface area contributed by atoms with E-state index in [4.69, 9.17) is 23.4 Å². The number of hydrogen-bond acceptors (Lipinski definition) is 4. The molecular formula is C19H12FNO2S2. The molecule has 0 spiro atoms. The second-order valence-electron chi connectivity index (χ2n) is 5.06. The third-order valence-corrected chi connectivity index (χ3v) is 4.68. The number of halogens is 1. The van der Waals surface area contributed by atoms with Gasteiger partial charge >= 0.3 is 0 Å². The third-order valence-electron chi connectivity index (χ3n) is 3.38. The van der Waals surface area contributed by atoms with E-state index in [1.807, 2.05) is 12.1 Å². The standard InChI is InChI=1S/C19H12FNO2S2/c1-2-11-23-16-9-3-13(4-10-16)12-17-18(22)21(19(24)25-17)15-7-5-14(20)6-8-15/h1,3-10,12H,11H2/b17-12-. The lowest BCUT2D eigenvalue weighted by Crippen LogP contribution is -2.27. The maximum atomic E-state index is 13.1. The number of amides is 1. The molecule has 0 aliphatic carbocycles.